The highest BCUT2D eigenvalue weighted by atomic mass is 16.4. The maximum absolute atomic E-state index is 11.4. The number of carbonyl (C=O) groups excluding carboxylic acids is 2. The number of carboxylic acid groups (broad SMARTS) is 1. The Hall–Kier alpha value is -1.63. The largest absolute Gasteiger partial charge is 0.481 e. The molecule has 3 amide bonds. The summed E-state index contributed by atoms with van der Waals surface area (Å²) < 4.78 is 0. The second kappa shape index (κ2) is 10.1. The van der Waals surface area contributed by atoms with Crippen LogP contribution in [-0.2, 0) is 9.59 Å². The van der Waals surface area contributed by atoms with Crippen molar-refractivity contribution in [1.82, 2.24) is 16.0 Å². The van der Waals surface area contributed by atoms with E-state index in [1.165, 1.54) is 0 Å². The van der Waals surface area contributed by atoms with Gasteiger partial charge in [0.05, 0.1) is 6.54 Å². The predicted molar refractivity (Wildman–Crippen MR) is 80.0 cm³/mol. The standard InChI is InChI=1S/C14H27N3O4/c1-4-8-16-13(21)17-11(18)10-15-9-7-14(2,3)6-5-12(19)20/h15H,4-10H2,1-3H3,(H,19,20)(H2,16,17,18,21). The number of aliphatic carboxylic acids is 1. The summed E-state index contributed by atoms with van der Waals surface area (Å²) in [4.78, 5) is 33.2. The van der Waals surface area contributed by atoms with Crippen LogP contribution in [0.25, 0.3) is 0 Å². The van der Waals surface area contributed by atoms with E-state index < -0.39 is 12.0 Å². The van der Waals surface area contributed by atoms with Crippen LogP contribution in [0.15, 0.2) is 0 Å². The minimum atomic E-state index is -0.798. The fourth-order valence-electron chi connectivity index (χ4n) is 1.65. The van der Waals surface area contributed by atoms with E-state index in [2.05, 4.69) is 16.0 Å². The Labute approximate surface area is 125 Å². The molecule has 0 aliphatic carbocycles. The van der Waals surface area contributed by atoms with Gasteiger partial charge in [-0.15, -0.1) is 0 Å². The summed E-state index contributed by atoms with van der Waals surface area (Å²) >= 11 is 0. The fraction of sp³-hybridized carbons (Fsp3) is 0.786. The van der Waals surface area contributed by atoms with Gasteiger partial charge in [-0.05, 0) is 31.2 Å². The van der Waals surface area contributed by atoms with Crippen molar-refractivity contribution >= 4 is 17.9 Å². The Morgan fingerprint density at radius 2 is 1.76 bits per heavy atom. The molecule has 0 aromatic rings. The van der Waals surface area contributed by atoms with Crippen LogP contribution in [0.1, 0.15) is 46.5 Å². The van der Waals surface area contributed by atoms with Crippen molar-refractivity contribution in [3.05, 3.63) is 0 Å². The molecule has 4 N–H and O–H groups in total. The summed E-state index contributed by atoms with van der Waals surface area (Å²) in [6, 6.07) is -0.481. The topological polar surface area (TPSA) is 108 Å². The predicted octanol–water partition coefficient (Wildman–Crippen LogP) is 1.09. The molecule has 0 saturated heterocycles. The number of hydrogen-bond acceptors (Lipinski definition) is 4. The van der Waals surface area contributed by atoms with E-state index in [4.69, 9.17) is 5.11 Å². The van der Waals surface area contributed by atoms with Gasteiger partial charge in [0.25, 0.3) is 0 Å². The molecule has 0 heterocycles. The average Bonchev–Trinajstić information content (AvgIpc) is 2.39. The first-order valence-electron chi connectivity index (χ1n) is 7.27. The van der Waals surface area contributed by atoms with E-state index in [-0.39, 0.29) is 24.3 Å². The molecule has 0 aromatic carbocycles. The van der Waals surface area contributed by atoms with Gasteiger partial charge in [0.15, 0.2) is 0 Å². The first-order chi connectivity index (χ1) is 9.76. The van der Waals surface area contributed by atoms with E-state index in [0.29, 0.717) is 19.5 Å². The van der Waals surface area contributed by atoms with Crippen LogP contribution in [0.5, 0.6) is 0 Å². The number of imide groups is 1. The third-order valence-electron chi connectivity index (χ3n) is 3.07. The second-order valence-electron chi connectivity index (χ2n) is 5.79. The zero-order chi connectivity index (χ0) is 16.3. The Morgan fingerprint density at radius 3 is 2.33 bits per heavy atom. The first-order valence-corrected chi connectivity index (χ1v) is 7.27. The van der Waals surface area contributed by atoms with Gasteiger partial charge in [0.2, 0.25) is 5.91 Å². The van der Waals surface area contributed by atoms with Crippen molar-refractivity contribution in [2.75, 3.05) is 19.6 Å². The third-order valence-corrected chi connectivity index (χ3v) is 3.07. The lowest BCUT2D eigenvalue weighted by Gasteiger charge is -2.23. The number of hydrogen-bond donors (Lipinski definition) is 4. The minimum absolute atomic E-state index is 0.0640. The van der Waals surface area contributed by atoms with Gasteiger partial charge in [-0.1, -0.05) is 20.8 Å². The van der Waals surface area contributed by atoms with Crippen LogP contribution >= 0.6 is 0 Å². The Bertz CT molecular complexity index is 356. The number of amides is 3. The molecule has 122 valence electrons. The minimum Gasteiger partial charge on any atom is -0.481 e. The van der Waals surface area contributed by atoms with Crippen LogP contribution in [0.4, 0.5) is 4.79 Å². The zero-order valence-corrected chi connectivity index (χ0v) is 13.1. The monoisotopic (exact) mass is 301 g/mol. The molecule has 0 aliphatic rings. The summed E-state index contributed by atoms with van der Waals surface area (Å²) in [5.41, 5.74) is -0.0969. The highest BCUT2D eigenvalue weighted by Gasteiger charge is 2.18. The number of urea groups is 1. The summed E-state index contributed by atoms with van der Waals surface area (Å²) in [5.74, 6) is -1.18. The summed E-state index contributed by atoms with van der Waals surface area (Å²) in [5, 5.41) is 16.4. The lowest BCUT2D eigenvalue weighted by atomic mass is 9.84. The molecule has 0 saturated carbocycles. The highest BCUT2D eigenvalue weighted by molar-refractivity contribution is 5.95. The number of nitrogens with one attached hydrogen (secondary N) is 3. The molecule has 0 radical (unpaired) electrons. The van der Waals surface area contributed by atoms with Gasteiger partial charge in [0, 0.05) is 13.0 Å². The average molecular weight is 301 g/mol. The summed E-state index contributed by atoms with van der Waals surface area (Å²) in [6.07, 6.45) is 2.31. The van der Waals surface area contributed by atoms with Crippen LogP contribution in [0.2, 0.25) is 0 Å². The molecule has 0 fully saturated rings. The molecule has 0 bridgehead atoms. The molecule has 0 aliphatic heterocycles. The number of carbonyl (C=O) groups is 3. The van der Waals surface area contributed by atoms with Gasteiger partial charge in [0.1, 0.15) is 0 Å². The Morgan fingerprint density at radius 1 is 1.10 bits per heavy atom. The van der Waals surface area contributed by atoms with E-state index in [1.54, 1.807) is 0 Å². The molecule has 21 heavy (non-hydrogen) atoms. The van der Waals surface area contributed by atoms with Crippen molar-refractivity contribution in [3.8, 4) is 0 Å². The lowest BCUT2D eigenvalue weighted by molar-refractivity contribution is -0.137. The van der Waals surface area contributed by atoms with Gasteiger partial charge in [-0.25, -0.2) is 4.79 Å². The second-order valence-corrected chi connectivity index (χ2v) is 5.79. The molecular weight excluding hydrogens is 274 g/mol. The van der Waals surface area contributed by atoms with E-state index >= 15 is 0 Å². The summed E-state index contributed by atoms with van der Waals surface area (Å²) in [6.45, 7) is 7.11. The van der Waals surface area contributed by atoms with Crippen LogP contribution in [0, 0.1) is 5.41 Å². The smallest absolute Gasteiger partial charge is 0.321 e. The van der Waals surface area contributed by atoms with Crippen molar-refractivity contribution in [2.45, 2.75) is 46.5 Å². The normalized spacial score (nSPS) is 11.0. The fourth-order valence-corrected chi connectivity index (χ4v) is 1.65. The zero-order valence-electron chi connectivity index (χ0n) is 13.1. The molecule has 0 spiro atoms. The molecule has 0 atom stereocenters. The maximum Gasteiger partial charge on any atom is 0.321 e. The number of rotatable bonds is 10. The lowest BCUT2D eigenvalue weighted by Crippen LogP contribution is -2.43. The van der Waals surface area contributed by atoms with Gasteiger partial charge < -0.3 is 15.7 Å². The third kappa shape index (κ3) is 11.9. The molecule has 0 aromatic heterocycles. The maximum atomic E-state index is 11.4. The van der Waals surface area contributed by atoms with E-state index in [9.17, 15) is 14.4 Å². The van der Waals surface area contributed by atoms with Crippen molar-refractivity contribution in [1.29, 1.82) is 0 Å². The molecule has 0 rings (SSSR count). The molecule has 0 unspecified atom stereocenters. The Kier molecular flexibility index (Phi) is 9.36. The van der Waals surface area contributed by atoms with Crippen LogP contribution < -0.4 is 16.0 Å². The van der Waals surface area contributed by atoms with Crippen LogP contribution in [-0.4, -0.2) is 42.6 Å². The Balaban J connectivity index is 3.76. The molecular formula is C14H27N3O4. The van der Waals surface area contributed by atoms with Gasteiger partial charge in [-0.3, -0.25) is 14.9 Å². The van der Waals surface area contributed by atoms with E-state index in [1.807, 2.05) is 20.8 Å². The van der Waals surface area contributed by atoms with Crippen LogP contribution in [0.3, 0.4) is 0 Å². The van der Waals surface area contributed by atoms with Gasteiger partial charge in [-0.2, -0.15) is 0 Å². The van der Waals surface area contributed by atoms with Crippen molar-refractivity contribution in [3.63, 3.8) is 0 Å². The number of carboxylic acids is 1. The highest BCUT2D eigenvalue weighted by Crippen LogP contribution is 2.25. The quantitative estimate of drug-likeness (QED) is 0.452. The first kappa shape index (κ1) is 19.4. The van der Waals surface area contributed by atoms with Crippen molar-refractivity contribution < 1.29 is 19.5 Å². The molecule has 7 nitrogen and oxygen atoms in total. The van der Waals surface area contributed by atoms with Gasteiger partial charge >= 0.3 is 12.0 Å². The summed E-state index contributed by atoms with van der Waals surface area (Å²) in [7, 11) is 0. The molecule has 7 heteroatoms. The van der Waals surface area contributed by atoms with Crippen molar-refractivity contribution in [2.24, 2.45) is 5.41 Å². The van der Waals surface area contributed by atoms with E-state index in [0.717, 1.165) is 12.8 Å². The SMILES string of the molecule is CCCNC(=O)NC(=O)CNCCC(C)(C)CCC(=O)O.